The third-order valence-corrected chi connectivity index (χ3v) is 6.58. The zero-order valence-corrected chi connectivity index (χ0v) is 13.1. The Kier molecular flexibility index (Phi) is 2.67. The van der Waals surface area contributed by atoms with Gasteiger partial charge in [-0.1, -0.05) is 27.7 Å². The van der Waals surface area contributed by atoms with Crippen molar-refractivity contribution in [2.75, 3.05) is 0 Å². The summed E-state index contributed by atoms with van der Waals surface area (Å²) in [6, 6.07) is 0. The van der Waals surface area contributed by atoms with E-state index in [2.05, 4.69) is 34.6 Å². The Morgan fingerprint density at radius 2 is 1.79 bits per heavy atom. The van der Waals surface area contributed by atoms with Crippen LogP contribution in [0.15, 0.2) is 0 Å². The summed E-state index contributed by atoms with van der Waals surface area (Å²) in [7, 11) is 0. The number of rotatable bonds is 0. The molecule has 0 radical (unpaired) electrons. The molecular formula is C17H28O2. The quantitative estimate of drug-likeness (QED) is 0.613. The van der Waals surface area contributed by atoms with Crippen LogP contribution in [-0.4, -0.2) is 11.6 Å². The average Bonchev–Trinajstić information content (AvgIpc) is 2.51. The first-order chi connectivity index (χ1) is 8.67. The van der Waals surface area contributed by atoms with Crippen molar-refractivity contribution in [3.63, 3.8) is 0 Å². The van der Waals surface area contributed by atoms with E-state index in [1.165, 1.54) is 19.3 Å². The number of hydrogen-bond acceptors (Lipinski definition) is 2. The maximum atomic E-state index is 11.9. The van der Waals surface area contributed by atoms with Gasteiger partial charge in [-0.2, -0.15) is 0 Å². The van der Waals surface area contributed by atoms with E-state index in [1.807, 2.05) is 0 Å². The molecule has 2 nitrogen and oxygen atoms in total. The highest BCUT2D eigenvalue weighted by molar-refractivity contribution is 5.73. The smallest absolute Gasteiger partial charge is 0.306 e. The SMILES string of the molecule is CC1CC(C)(C)C2CCC3(C)OC(=O)CC3C2(C)C1. The van der Waals surface area contributed by atoms with E-state index in [1.54, 1.807) is 0 Å². The second-order valence-corrected chi connectivity index (χ2v) is 8.64. The zero-order valence-electron chi connectivity index (χ0n) is 13.1. The van der Waals surface area contributed by atoms with Crippen molar-refractivity contribution in [2.24, 2.45) is 28.6 Å². The molecule has 3 rings (SSSR count). The molecule has 3 aliphatic rings. The van der Waals surface area contributed by atoms with E-state index in [-0.39, 0.29) is 17.0 Å². The lowest BCUT2D eigenvalue weighted by molar-refractivity contribution is -0.169. The molecule has 19 heavy (non-hydrogen) atoms. The molecule has 0 aromatic rings. The lowest BCUT2D eigenvalue weighted by atomic mass is 9.44. The molecule has 1 aliphatic heterocycles. The summed E-state index contributed by atoms with van der Waals surface area (Å²) in [5.74, 6) is 1.96. The fourth-order valence-corrected chi connectivity index (χ4v) is 6.35. The molecule has 2 heteroatoms. The van der Waals surface area contributed by atoms with Crippen LogP contribution in [0.4, 0.5) is 0 Å². The minimum atomic E-state index is -0.185. The van der Waals surface area contributed by atoms with Crippen LogP contribution >= 0.6 is 0 Å². The topological polar surface area (TPSA) is 26.3 Å². The van der Waals surface area contributed by atoms with Gasteiger partial charge in [0.1, 0.15) is 5.60 Å². The van der Waals surface area contributed by atoms with Gasteiger partial charge in [-0.15, -0.1) is 0 Å². The summed E-state index contributed by atoms with van der Waals surface area (Å²) in [6.45, 7) is 11.9. The van der Waals surface area contributed by atoms with Crippen LogP contribution in [0, 0.1) is 28.6 Å². The van der Waals surface area contributed by atoms with Gasteiger partial charge >= 0.3 is 5.97 Å². The third-order valence-electron chi connectivity index (χ3n) is 6.58. The van der Waals surface area contributed by atoms with Crippen LogP contribution in [0.1, 0.15) is 66.7 Å². The molecule has 5 atom stereocenters. The van der Waals surface area contributed by atoms with Crippen LogP contribution in [0.5, 0.6) is 0 Å². The molecule has 1 heterocycles. The predicted octanol–water partition coefficient (Wildman–Crippen LogP) is 4.18. The molecule has 5 unspecified atom stereocenters. The summed E-state index contributed by atoms with van der Waals surface area (Å²) < 4.78 is 5.73. The van der Waals surface area contributed by atoms with Gasteiger partial charge in [0.25, 0.3) is 0 Å². The molecular weight excluding hydrogens is 236 g/mol. The van der Waals surface area contributed by atoms with Crippen molar-refractivity contribution in [1.82, 2.24) is 0 Å². The highest BCUT2D eigenvalue weighted by Gasteiger charge is 2.63. The second kappa shape index (κ2) is 3.77. The van der Waals surface area contributed by atoms with Crippen LogP contribution in [-0.2, 0) is 9.53 Å². The van der Waals surface area contributed by atoms with Gasteiger partial charge in [-0.3, -0.25) is 4.79 Å². The predicted molar refractivity (Wildman–Crippen MR) is 75.6 cm³/mol. The lowest BCUT2D eigenvalue weighted by Gasteiger charge is -2.61. The van der Waals surface area contributed by atoms with Crippen LogP contribution < -0.4 is 0 Å². The Hall–Kier alpha value is -0.530. The van der Waals surface area contributed by atoms with E-state index in [9.17, 15) is 4.79 Å². The first-order valence-electron chi connectivity index (χ1n) is 7.89. The Labute approximate surface area is 117 Å². The van der Waals surface area contributed by atoms with Gasteiger partial charge in [0.05, 0.1) is 6.42 Å². The van der Waals surface area contributed by atoms with Gasteiger partial charge in [-0.25, -0.2) is 0 Å². The van der Waals surface area contributed by atoms with Gasteiger partial charge < -0.3 is 4.74 Å². The van der Waals surface area contributed by atoms with E-state index >= 15 is 0 Å². The first kappa shape index (κ1) is 13.5. The molecule has 0 aromatic heterocycles. The summed E-state index contributed by atoms with van der Waals surface area (Å²) >= 11 is 0. The van der Waals surface area contributed by atoms with Crippen molar-refractivity contribution in [3.8, 4) is 0 Å². The van der Waals surface area contributed by atoms with Crippen molar-refractivity contribution >= 4 is 5.97 Å². The molecule has 0 N–H and O–H groups in total. The maximum Gasteiger partial charge on any atom is 0.306 e. The van der Waals surface area contributed by atoms with E-state index in [0.29, 0.717) is 17.8 Å². The molecule has 2 saturated carbocycles. The van der Waals surface area contributed by atoms with Gasteiger partial charge in [0, 0.05) is 5.92 Å². The Bertz CT molecular complexity index is 413. The van der Waals surface area contributed by atoms with Gasteiger partial charge in [0.15, 0.2) is 0 Å². The fraction of sp³-hybridized carbons (Fsp3) is 0.941. The number of fused-ring (bicyclic) bond motifs is 3. The van der Waals surface area contributed by atoms with Gasteiger partial charge in [0.2, 0.25) is 0 Å². The minimum absolute atomic E-state index is 0.0328. The third kappa shape index (κ3) is 1.78. The first-order valence-corrected chi connectivity index (χ1v) is 7.89. The largest absolute Gasteiger partial charge is 0.459 e. The Morgan fingerprint density at radius 3 is 2.47 bits per heavy atom. The van der Waals surface area contributed by atoms with Gasteiger partial charge in [-0.05, 0) is 55.3 Å². The monoisotopic (exact) mass is 264 g/mol. The molecule has 1 saturated heterocycles. The zero-order chi connectivity index (χ0) is 14.1. The van der Waals surface area contributed by atoms with Crippen LogP contribution in [0.2, 0.25) is 0 Å². The number of ether oxygens (including phenoxy) is 1. The summed E-state index contributed by atoms with van der Waals surface area (Å²) in [4.78, 5) is 11.9. The van der Waals surface area contributed by atoms with Crippen molar-refractivity contribution < 1.29 is 9.53 Å². The lowest BCUT2D eigenvalue weighted by Crippen LogP contribution is -2.57. The standard InChI is InChI=1S/C17H28O2/c1-11-9-15(2,3)12-6-7-17(5)13(8-14(18)19-17)16(12,4)10-11/h11-13H,6-10H2,1-5H3. The minimum Gasteiger partial charge on any atom is -0.459 e. The van der Waals surface area contributed by atoms with Crippen molar-refractivity contribution in [3.05, 3.63) is 0 Å². The van der Waals surface area contributed by atoms with E-state index in [0.717, 1.165) is 18.3 Å². The molecule has 0 spiro atoms. The van der Waals surface area contributed by atoms with Crippen LogP contribution in [0.3, 0.4) is 0 Å². The Morgan fingerprint density at radius 1 is 1.11 bits per heavy atom. The molecule has 0 amide bonds. The highest BCUT2D eigenvalue weighted by atomic mass is 16.6. The molecule has 0 aromatic carbocycles. The number of esters is 1. The maximum absolute atomic E-state index is 11.9. The number of carbonyl (C=O) groups is 1. The molecule has 0 bridgehead atoms. The summed E-state index contributed by atoms with van der Waals surface area (Å²) in [5, 5.41) is 0. The van der Waals surface area contributed by atoms with E-state index < -0.39 is 0 Å². The number of carbonyl (C=O) groups excluding carboxylic acids is 1. The number of hydrogen-bond donors (Lipinski definition) is 0. The van der Waals surface area contributed by atoms with Crippen molar-refractivity contribution in [2.45, 2.75) is 72.3 Å². The molecule has 2 aliphatic carbocycles. The average molecular weight is 264 g/mol. The highest BCUT2D eigenvalue weighted by Crippen LogP contribution is 2.65. The fourth-order valence-electron chi connectivity index (χ4n) is 6.35. The molecule has 108 valence electrons. The van der Waals surface area contributed by atoms with E-state index in [4.69, 9.17) is 4.74 Å². The second-order valence-electron chi connectivity index (χ2n) is 8.64. The Balaban J connectivity index is 2.02. The summed E-state index contributed by atoms with van der Waals surface area (Å²) in [5.41, 5.74) is 0.495. The van der Waals surface area contributed by atoms with Crippen molar-refractivity contribution in [1.29, 1.82) is 0 Å². The summed E-state index contributed by atoms with van der Waals surface area (Å²) in [6.07, 6.45) is 5.51. The normalized spacial score (nSPS) is 52.3. The van der Waals surface area contributed by atoms with Crippen LogP contribution in [0.25, 0.3) is 0 Å². The molecule has 3 fully saturated rings.